The van der Waals surface area contributed by atoms with Crippen LogP contribution < -0.4 is 9.47 Å². The molecule has 0 aliphatic carbocycles. The third-order valence-electron chi connectivity index (χ3n) is 2.58. The molecule has 0 aromatic heterocycles. The Labute approximate surface area is 109 Å². The van der Waals surface area contributed by atoms with Crippen molar-refractivity contribution < 1.29 is 14.6 Å². The minimum Gasteiger partial charge on any atom is -0.493 e. The van der Waals surface area contributed by atoms with Gasteiger partial charge in [0.25, 0.3) is 0 Å². The molecule has 0 heterocycles. The number of hydrogen-bond acceptors (Lipinski definition) is 3. The van der Waals surface area contributed by atoms with E-state index in [1.165, 1.54) is 0 Å². The lowest BCUT2D eigenvalue weighted by Crippen LogP contribution is -2.06. The monoisotopic (exact) mass is 250 g/mol. The van der Waals surface area contributed by atoms with Crippen molar-refractivity contribution in [3.63, 3.8) is 0 Å². The van der Waals surface area contributed by atoms with Gasteiger partial charge in [-0.3, -0.25) is 0 Å². The first-order valence-corrected chi connectivity index (χ1v) is 6.25. The van der Waals surface area contributed by atoms with Crippen molar-refractivity contribution in [3.8, 4) is 11.5 Å². The molecule has 1 aromatic rings. The van der Waals surface area contributed by atoms with E-state index >= 15 is 0 Å². The molecule has 0 saturated carbocycles. The second kappa shape index (κ2) is 7.07. The molecule has 0 spiro atoms. The molecule has 0 unspecified atom stereocenters. The Hall–Kier alpha value is -1.48. The number of hydrogen-bond donors (Lipinski definition) is 1. The van der Waals surface area contributed by atoms with Gasteiger partial charge < -0.3 is 14.6 Å². The van der Waals surface area contributed by atoms with Crippen molar-refractivity contribution in [1.29, 1.82) is 0 Å². The van der Waals surface area contributed by atoms with Crippen LogP contribution in [-0.4, -0.2) is 24.9 Å². The average Bonchev–Trinajstić information content (AvgIpc) is 2.36. The van der Waals surface area contributed by atoms with E-state index in [9.17, 15) is 0 Å². The van der Waals surface area contributed by atoms with Crippen molar-refractivity contribution in [2.75, 3.05) is 13.7 Å². The third kappa shape index (κ3) is 4.08. The molecular formula is C15H22O3. The van der Waals surface area contributed by atoms with Gasteiger partial charge in [-0.05, 0) is 43.5 Å². The summed E-state index contributed by atoms with van der Waals surface area (Å²) in [6.45, 7) is 6.07. The molecule has 0 atom stereocenters. The zero-order chi connectivity index (χ0) is 13.5. The molecule has 0 amide bonds. The molecule has 3 heteroatoms. The van der Waals surface area contributed by atoms with Crippen LogP contribution in [0.15, 0.2) is 23.8 Å². The Morgan fingerprint density at radius 1 is 1.33 bits per heavy atom. The van der Waals surface area contributed by atoms with E-state index in [0.29, 0.717) is 5.75 Å². The highest BCUT2D eigenvalue weighted by Gasteiger charge is 2.06. The van der Waals surface area contributed by atoms with E-state index in [0.717, 1.165) is 23.3 Å². The topological polar surface area (TPSA) is 38.7 Å². The summed E-state index contributed by atoms with van der Waals surface area (Å²) in [5.74, 6) is 1.46. The van der Waals surface area contributed by atoms with Gasteiger partial charge in [0, 0.05) is 0 Å². The van der Waals surface area contributed by atoms with Crippen LogP contribution in [0.4, 0.5) is 0 Å². The van der Waals surface area contributed by atoms with Gasteiger partial charge in [-0.2, -0.15) is 0 Å². The Bertz CT molecular complexity index is 402. The molecule has 0 aliphatic heterocycles. The number of methoxy groups -OCH3 is 1. The summed E-state index contributed by atoms with van der Waals surface area (Å²) < 4.78 is 11.0. The maximum absolute atomic E-state index is 9.16. The maximum Gasteiger partial charge on any atom is 0.161 e. The zero-order valence-corrected chi connectivity index (χ0v) is 11.6. The highest BCUT2D eigenvalue weighted by atomic mass is 16.5. The highest BCUT2D eigenvalue weighted by molar-refractivity contribution is 5.58. The minimum absolute atomic E-state index is 0.0864. The normalized spacial score (nSPS) is 11.8. The van der Waals surface area contributed by atoms with Crippen molar-refractivity contribution in [2.24, 2.45) is 0 Å². The van der Waals surface area contributed by atoms with Crippen molar-refractivity contribution in [1.82, 2.24) is 0 Å². The van der Waals surface area contributed by atoms with Crippen molar-refractivity contribution in [3.05, 3.63) is 29.3 Å². The van der Waals surface area contributed by atoms with Crippen LogP contribution in [0.3, 0.4) is 0 Å². The van der Waals surface area contributed by atoms with Crippen LogP contribution in [0.2, 0.25) is 0 Å². The molecule has 0 aliphatic rings. The Morgan fingerprint density at radius 3 is 2.56 bits per heavy atom. The standard InChI is InChI=1S/C15H22O3/c1-5-12(10-16)8-13-6-7-14(18-11(2)3)15(9-13)17-4/h6-9,11,16H,5,10H2,1-4H3. The summed E-state index contributed by atoms with van der Waals surface area (Å²) in [4.78, 5) is 0. The summed E-state index contributed by atoms with van der Waals surface area (Å²) in [6, 6.07) is 5.78. The predicted octanol–water partition coefficient (Wildman–Crippen LogP) is 3.27. The summed E-state index contributed by atoms with van der Waals surface area (Å²) in [7, 11) is 1.63. The number of benzene rings is 1. The third-order valence-corrected chi connectivity index (χ3v) is 2.58. The smallest absolute Gasteiger partial charge is 0.161 e. The molecule has 1 rings (SSSR count). The van der Waals surface area contributed by atoms with E-state index in [2.05, 4.69) is 0 Å². The Balaban J connectivity index is 3.01. The first-order valence-electron chi connectivity index (χ1n) is 6.25. The first-order chi connectivity index (χ1) is 8.60. The van der Waals surface area contributed by atoms with Gasteiger partial charge in [0.1, 0.15) is 0 Å². The highest BCUT2D eigenvalue weighted by Crippen LogP contribution is 2.29. The van der Waals surface area contributed by atoms with E-state index in [1.807, 2.05) is 45.0 Å². The van der Waals surface area contributed by atoms with Crippen LogP contribution in [0, 0.1) is 0 Å². The molecule has 3 nitrogen and oxygen atoms in total. The Morgan fingerprint density at radius 2 is 2.06 bits per heavy atom. The lowest BCUT2D eigenvalue weighted by atomic mass is 10.1. The summed E-state index contributed by atoms with van der Waals surface area (Å²) >= 11 is 0. The molecule has 0 saturated heterocycles. The summed E-state index contributed by atoms with van der Waals surface area (Å²) in [5, 5.41) is 9.16. The fourth-order valence-corrected chi connectivity index (χ4v) is 1.62. The molecule has 1 aromatic carbocycles. The molecular weight excluding hydrogens is 228 g/mol. The summed E-state index contributed by atoms with van der Waals surface area (Å²) in [5.41, 5.74) is 2.00. The van der Waals surface area contributed by atoms with Gasteiger partial charge in [0.15, 0.2) is 11.5 Å². The van der Waals surface area contributed by atoms with Crippen LogP contribution in [0.25, 0.3) is 6.08 Å². The lowest BCUT2D eigenvalue weighted by molar-refractivity contribution is 0.230. The summed E-state index contributed by atoms with van der Waals surface area (Å²) in [6.07, 6.45) is 2.93. The van der Waals surface area contributed by atoms with Gasteiger partial charge in [-0.1, -0.05) is 19.1 Å². The number of rotatable bonds is 6. The van der Waals surface area contributed by atoms with E-state index in [1.54, 1.807) is 7.11 Å². The number of ether oxygens (including phenoxy) is 2. The van der Waals surface area contributed by atoms with Gasteiger partial charge >= 0.3 is 0 Å². The second-order valence-electron chi connectivity index (χ2n) is 4.39. The predicted molar refractivity (Wildman–Crippen MR) is 74.1 cm³/mol. The van der Waals surface area contributed by atoms with Crippen molar-refractivity contribution >= 4 is 6.08 Å². The molecule has 1 N–H and O–H groups in total. The second-order valence-corrected chi connectivity index (χ2v) is 4.39. The molecule has 18 heavy (non-hydrogen) atoms. The number of aliphatic hydroxyl groups is 1. The number of aliphatic hydroxyl groups excluding tert-OH is 1. The van der Waals surface area contributed by atoms with Crippen molar-refractivity contribution in [2.45, 2.75) is 33.3 Å². The molecule has 0 bridgehead atoms. The van der Waals surface area contributed by atoms with Crippen LogP contribution in [-0.2, 0) is 0 Å². The fourth-order valence-electron chi connectivity index (χ4n) is 1.62. The van der Waals surface area contributed by atoms with Crippen LogP contribution in [0.1, 0.15) is 32.8 Å². The first kappa shape index (κ1) is 14.6. The van der Waals surface area contributed by atoms with Gasteiger partial charge in [0.05, 0.1) is 19.8 Å². The van der Waals surface area contributed by atoms with Gasteiger partial charge in [0.2, 0.25) is 0 Å². The van der Waals surface area contributed by atoms with E-state index in [4.69, 9.17) is 14.6 Å². The van der Waals surface area contributed by atoms with Gasteiger partial charge in [-0.15, -0.1) is 0 Å². The van der Waals surface area contributed by atoms with E-state index in [-0.39, 0.29) is 12.7 Å². The quantitative estimate of drug-likeness (QED) is 0.842. The fraction of sp³-hybridized carbons (Fsp3) is 0.467. The molecule has 0 radical (unpaired) electrons. The van der Waals surface area contributed by atoms with E-state index < -0.39 is 0 Å². The lowest BCUT2D eigenvalue weighted by Gasteiger charge is -2.14. The molecule has 100 valence electrons. The largest absolute Gasteiger partial charge is 0.493 e. The SMILES string of the molecule is CCC(=Cc1ccc(OC(C)C)c(OC)c1)CO. The minimum atomic E-state index is 0.0864. The zero-order valence-electron chi connectivity index (χ0n) is 11.6. The Kier molecular flexibility index (Phi) is 5.72. The average molecular weight is 250 g/mol. The van der Waals surface area contributed by atoms with Crippen LogP contribution >= 0.6 is 0 Å². The van der Waals surface area contributed by atoms with Crippen LogP contribution in [0.5, 0.6) is 11.5 Å². The van der Waals surface area contributed by atoms with Gasteiger partial charge in [-0.25, -0.2) is 0 Å². The molecule has 0 fully saturated rings. The maximum atomic E-state index is 9.16.